The number of benzene rings is 1. The van der Waals surface area contributed by atoms with E-state index in [1.807, 2.05) is 20.8 Å². The molecule has 0 saturated heterocycles. The minimum absolute atomic E-state index is 0.0643. The van der Waals surface area contributed by atoms with Gasteiger partial charge in [0.2, 0.25) is 0 Å². The van der Waals surface area contributed by atoms with Gasteiger partial charge < -0.3 is 5.32 Å². The van der Waals surface area contributed by atoms with Gasteiger partial charge in [0.05, 0.1) is 10.6 Å². The summed E-state index contributed by atoms with van der Waals surface area (Å²) < 4.78 is 23.4. The van der Waals surface area contributed by atoms with Crippen molar-refractivity contribution < 1.29 is 13.2 Å². The number of amides is 1. The molecule has 0 heterocycles. The lowest BCUT2D eigenvalue weighted by Gasteiger charge is -2.26. The van der Waals surface area contributed by atoms with Crippen molar-refractivity contribution in [2.45, 2.75) is 44.0 Å². The second-order valence-corrected chi connectivity index (χ2v) is 9.12. The van der Waals surface area contributed by atoms with Crippen LogP contribution in [0.3, 0.4) is 0 Å². The Morgan fingerprint density at radius 1 is 1.38 bits per heavy atom. The summed E-state index contributed by atoms with van der Waals surface area (Å²) in [6, 6.07) is 2.73. The molecule has 1 amide bonds. The molecule has 0 aliphatic rings. The number of hydrogen-bond donors (Lipinski definition) is 1. The molecule has 1 rings (SSSR count). The summed E-state index contributed by atoms with van der Waals surface area (Å²) in [6.07, 6.45) is 1.69. The van der Waals surface area contributed by atoms with E-state index in [2.05, 4.69) is 21.2 Å². The van der Waals surface area contributed by atoms with E-state index < -0.39 is 20.5 Å². The zero-order valence-electron chi connectivity index (χ0n) is 11.8. The molecule has 1 N–H and O–H groups in total. The smallest absolute Gasteiger partial charge is 0.262 e. The largest absolute Gasteiger partial charge is 0.347 e. The summed E-state index contributed by atoms with van der Waals surface area (Å²) in [4.78, 5) is 12.0. The summed E-state index contributed by atoms with van der Waals surface area (Å²) in [5.41, 5.74) is -0.355. The van der Waals surface area contributed by atoms with E-state index >= 15 is 0 Å². The summed E-state index contributed by atoms with van der Waals surface area (Å²) >= 11 is 9.18. The van der Waals surface area contributed by atoms with Gasteiger partial charge in [-0.2, -0.15) is 0 Å². The summed E-state index contributed by atoms with van der Waals surface area (Å²) in [5, 5.41) is 2.66. The van der Waals surface area contributed by atoms with Crippen LogP contribution >= 0.6 is 38.2 Å². The maximum absolute atomic E-state index is 12.3. The Hall–Kier alpha value is -0.300. The highest BCUT2D eigenvalue weighted by Gasteiger charge is 2.25. The Morgan fingerprint density at radius 3 is 2.43 bits per heavy atom. The number of carbonyl (C=O) groups excluding carboxylic acids is 1. The van der Waals surface area contributed by atoms with Crippen molar-refractivity contribution >= 4 is 53.2 Å². The number of nitrogens with one attached hydrogen (secondary N) is 1. The van der Waals surface area contributed by atoms with Gasteiger partial charge in [-0.1, -0.05) is 40.9 Å². The molecular weight excluding hydrogens is 401 g/mol. The Labute approximate surface area is 142 Å². The number of hydrogen-bond acceptors (Lipinski definition) is 3. The molecule has 0 aliphatic heterocycles. The Bertz CT molecular complexity index is 660. The minimum Gasteiger partial charge on any atom is -0.347 e. The summed E-state index contributed by atoms with van der Waals surface area (Å²) in [6.45, 7) is 5.79. The van der Waals surface area contributed by atoms with E-state index in [1.165, 1.54) is 12.1 Å². The first kappa shape index (κ1) is 18.7. The molecule has 0 radical (unpaired) electrons. The monoisotopic (exact) mass is 415 g/mol. The van der Waals surface area contributed by atoms with Crippen LogP contribution in [-0.2, 0) is 9.05 Å². The van der Waals surface area contributed by atoms with Crippen LogP contribution in [0, 0.1) is 0 Å². The molecule has 1 aromatic carbocycles. The van der Waals surface area contributed by atoms with Crippen LogP contribution in [0.1, 0.15) is 44.0 Å². The first-order chi connectivity index (χ1) is 9.48. The van der Waals surface area contributed by atoms with Crippen LogP contribution in [0.25, 0.3) is 0 Å². The van der Waals surface area contributed by atoms with Gasteiger partial charge in [-0.15, -0.1) is 0 Å². The van der Waals surface area contributed by atoms with Crippen LogP contribution in [0.2, 0.25) is 5.02 Å². The normalized spacial score (nSPS) is 12.3. The van der Waals surface area contributed by atoms with Crippen molar-refractivity contribution in [3.8, 4) is 0 Å². The van der Waals surface area contributed by atoms with E-state index in [1.54, 1.807) is 0 Å². The topological polar surface area (TPSA) is 63.2 Å². The third kappa shape index (κ3) is 5.13. The van der Waals surface area contributed by atoms with Gasteiger partial charge in [-0.25, -0.2) is 8.42 Å². The molecule has 0 spiro atoms. The molecular formula is C13H16BrCl2NO3S. The van der Waals surface area contributed by atoms with Crippen molar-refractivity contribution in [1.82, 2.24) is 5.32 Å². The second kappa shape index (κ2) is 6.86. The van der Waals surface area contributed by atoms with Crippen LogP contribution < -0.4 is 5.32 Å². The molecule has 0 atom stereocenters. The number of rotatable bonds is 5. The molecule has 0 bridgehead atoms. The van der Waals surface area contributed by atoms with Gasteiger partial charge in [0.25, 0.3) is 15.0 Å². The predicted molar refractivity (Wildman–Crippen MR) is 88.6 cm³/mol. The van der Waals surface area contributed by atoms with Crippen molar-refractivity contribution in [3.63, 3.8) is 0 Å². The zero-order valence-corrected chi connectivity index (χ0v) is 15.8. The molecule has 0 unspecified atom stereocenters. The van der Waals surface area contributed by atoms with Crippen molar-refractivity contribution in [2.75, 3.05) is 0 Å². The van der Waals surface area contributed by atoms with E-state index in [0.717, 1.165) is 12.8 Å². The highest BCUT2D eigenvalue weighted by Crippen LogP contribution is 2.32. The molecule has 1 aromatic rings. The average Bonchev–Trinajstić information content (AvgIpc) is 2.29. The molecule has 4 nitrogen and oxygen atoms in total. The first-order valence-corrected chi connectivity index (χ1v) is 9.72. The predicted octanol–water partition coefficient (Wildman–Crippen LogP) is 4.34. The van der Waals surface area contributed by atoms with Crippen molar-refractivity contribution in [2.24, 2.45) is 0 Å². The maximum atomic E-state index is 12.3. The lowest BCUT2D eigenvalue weighted by molar-refractivity contribution is 0.0909. The van der Waals surface area contributed by atoms with Crippen molar-refractivity contribution in [3.05, 3.63) is 27.2 Å². The van der Waals surface area contributed by atoms with Crippen molar-refractivity contribution in [1.29, 1.82) is 0 Å². The lowest BCUT2D eigenvalue weighted by atomic mass is 9.98. The molecule has 21 heavy (non-hydrogen) atoms. The van der Waals surface area contributed by atoms with Gasteiger partial charge in [0.1, 0.15) is 4.90 Å². The summed E-state index contributed by atoms with van der Waals surface area (Å²) in [7, 11) is 1.29. The summed E-state index contributed by atoms with van der Waals surface area (Å²) in [5.74, 6) is -0.443. The SMILES string of the molecule is CCCC(C)(C)NC(=O)c1cc(Br)cc(S(=O)(=O)Cl)c1Cl. The fourth-order valence-corrected chi connectivity index (χ4v) is 4.15. The maximum Gasteiger partial charge on any atom is 0.262 e. The standard InChI is InChI=1S/C13H16BrCl2NO3S/c1-4-5-13(2,3)17-12(18)9-6-8(14)7-10(11(9)15)21(16,19)20/h6-7H,4-5H2,1-3H3,(H,17,18). The molecule has 0 fully saturated rings. The van der Waals surface area contributed by atoms with Gasteiger partial charge >= 0.3 is 0 Å². The Balaban J connectivity index is 3.26. The fraction of sp³-hybridized carbons (Fsp3) is 0.462. The average molecular weight is 417 g/mol. The van der Waals surface area contributed by atoms with Crippen LogP contribution in [0.4, 0.5) is 0 Å². The van der Waals surface area contributed by atoms with Crippen LogP contribution in [0.5, 0.6) is 0 Å². The van der Waals surface area contributed by atoms with E-state index in [0.29, 0.717) is 4.47 Å². The van der Waals surface area contributed by atoms with Gasteiger partial charge in [-0.05, 0) is 32.4 Å². The third-order valence-electron chi connectivity index (χ3n) is 2.84. The fourth-order valence-electron chi connectivity index (χ4n) is 1.97. The third-order valence-corrected chi connectivity index (χ3v) is 5.16. The van der Waals surface area contributed by atoms with Crippen LogP contribution in [-0.4, -0.2) is 19.9 Å². The molecule has 8 heteroatoms. The van der Waals surface area contributed by atoms with Gasteiger partial charge in [0.15, 0.2) is 0 Å². The second-order valence-electron chi connectivity index (χ2n) is 5.29. The van der Waals surface area contributed by atoms with Crippen LogP contribution in [0.15, 0.2) is 21.5 Å². The Morgan fingerprint density at radius 2 is 1.95 bits per heavy atom. The quantitative estimate of drug-likeness (QED) is 0.726. The molecule has 118 valence electrons. The lowest BCUT2D eigenvalue weighted by Crippen LogP contribution is -2.43. The zero-order chi connectivity index (χ0) is 16.4. The molecule has 0 aromatic heterocycles. The highest BCUT2D eigenvalue weighted by atomic mass is 79.9. The van der Waals surface area contributed by atoms with E-state index in [-0.39, 0.29) is 15.5 Å². The number of carbonyl (C=O) groups is 1. The number of halogens is 3. The Kier molecular flexibility index (Phi) is 6.12. The minimum atomic E-state index is -4.04. The van der Waals surface area contributed by atoms with Gasteiger partial charge in [0, 0.05) is 20.7 Å². The molecule has 0 saturated carbocycles. The van der Waals surface area contributed by atoms with E-state index in [9.17, 15) is 13.2 Å². The first-order valence-electron chi connectivity index (χ1n) is 6.24. The molecule has 0 aliphatic carbocycles. The highest BCUT2D eigenvalue weighted by molar-refractivity contribution is 9.10. The van der Waals surface area contributed by atoms with E-state index in [4.69, 9.17) is 22.3 Å². The van der Waals surface area contributed by atoms with Gasteiger partial charge in [-0.3, -0.25) is 4.79 Å².